The summed E-state index contributed by atoms with van der Waals surface area (Å²) in [6, 6.07) is 8.52. The molecule has 0 fully saturated rings. The summed E-state index contributed by atoms with van der Waals surface area (Å²) < 4.78 is 14.2. The van der Waals surface area contributed by atoms with Gasteiger partial charge < -0.3 is 5.11 Å². The molecule has 4 heteroatoms. The minimum atomic E-state index is -1.05. The fourth-order valence-electron chi connectivity index (χ4n) is 1.90. The Kier molecular flexibility index (Phi) is 3.78. The number of hydrogen-bond donors (Lipinski definition) is 1. The number of hydrogen-bond acceptors (Lipinski definition) is 2. The van der Waals surface area contributed by atoms with Crippen molar-refractivity contribution >= 4 is 15.9 Å². The standard InChI is InChI=1S/C14H13BrFNO/c1-8-6-9(2)17-12(7-8)14(18)10-4-3-5-11(15)13(10)16/h3-7,14,18H,1-2H3. The number of pyridine rings is 1. The molecule has 0 aliphatic heterocycles. The van der Waals surface area contributed by atoms with Crippen LogP contribution in [-0.2, 0) is 0 Å². The van der Waals surface area contributed by atoms with E-state index >= 15 is 0 Å². The Balaban J connectivity index is 2.47. The lowest BCUT2D eigenvalue weighted by molar-refractivity contribution is 0.209. The molecule has 0 radical (unpaired) electrons. The van der Waals surface area contributed by atoms with Crippen LogP contribution in [0, 0.1) is 19.7 Å². The second-order valence-electron chi connectivity index (χ2n) is 4.26. The third-order valence-corrected chi connectivity index (χ3v) is 3.29. The number of halogens is 2. The molecule has 1 unspecified atom stereocenters. The predicted octanol–water partition coefficient (Wildman–Crippen LogP) is 3.68. The van der Waals surface area contributed by atoms with Gasteiger partial charge in [-0.3, -0.25) is 4.98 Å². The van der Waals surface area contributed by atoms with E-state index in [0.717, 1.165) is 11.3 Å². The molecule has 1 aromatic heterocycles. The lowest BCUT2D eigenvalue weighted by Crippen LogP contribution is -2.06. The molecule has 1 atom stereocenters. The van der Waals surface area contributed by atoms with Crippen LogP contribution in [0.1, 0.15) is 28.6 Å². The van der Waals surface area contributed by atoms with E-state index in [9.17, 15) is 9.50 Å². The van der Waals surface area contributed by atoms with E-state index in [2.05, 4.69) is 20.9 Å². The molecule has 94 valence electrons. The SMILES string of the molecule is Cc1cc(C)nc(C(O)c2cccc(Br)c2F)c1. The van der Waals surface area contributed by atoms with Crippen LogP contribution in [-0.4, -0.2) is 10.1 Å². The predicted molar refractivity (Wildman–Crippen MR) is 71.9 cm³/mol. The van der Waals surface area contributed by atoms with E-state index in [-0.39, 0.29) is 5.56 Å². The van der Waals surface area contributed by atoms with Gasteiger partial charge in [0.05, 0.1) is 10.2 Å². The first kappa shape index (κ1) is 13.2. The molecule has 0 spiro atoms. The van der Waals surface area contributed by atoms with E-state index in [4.69, 9.17) is 0 Å². The molecule has 0 aliphatic carbocycles. The fourth-order valence-corrected chi connectivity index (χ4v) is 2.29. The van der Waals surface area contributed by atoms with E-state index in [1.54, 1.807) is 24.3 Å². The number of aliphatic hydroxyl groups is 1. The van der Waals surface area contributed by atoms with Crippen molar-refractivity contribution < 1.29 is 9.50 Å². The largest absolute Gasteiger partial charge is 0.382 e. The molecule has 0 aliphatic rings. The van der Waals surface area contributed by atoms with Gasteiger partial charge in [0, 0.05) is 11.3 Å². The summed E-state index contributed by atoms with van der Waals surface area (Å²) >= 11 is 3.11. The smallest absolute Gasteiger partial charge is 0.143 e. The molecule has 2 rings (SSSR count). The van der Waals surface area contributed by atoms with Crippen LogP contribution in [0.3, 0.4) is 0 Å². The zero-order chi connectivity index (χ0) is 13.3. The van der Waals surface area contributed by atoms with Crippen molar-refractivity contribution in [2.45, 2.75) is 20.0 Å². The van der Waals surface area contributed by atoms with Crippen LogP contribution in [0.2, 0.25) is 0 Å². The average Bonchev–Trinajstić information content (AvgIpc) is 2.30. The Labute approximate surface area is 114 Å². The zero-order valence-corrected chi connectivity index (χ0v) is 11.7. The highest BCUT2D eigenvalue weighted by molar-refractivity contribution is 9.10. The van der Waals surface area contributed by atoms with Gasteiger partial charge in [-0.1, -0.05) is 12.1 Å². The van der Waals surface area contributed by atoms with Gasteiger partial charge in [0.1, 0.15) is 11.9 Å². The van der Waals surface area contributed by atoms with Crippen molar-refractivity contribution in [2.75, 3.05) is 0 Å². The van der Waals surface area contributed by atoms with Crippen LogP contribution in [0.4, 0.5) is 4.39 Å². The lowest BCUT2D eigenvalue weighted by Gasteiger charge is -2.13. The molecule has 2 nitrogen and oxygen atoms in total. The highest BCUT2D eigenvalue weighted by Gasteiger charge is 2.18. The van der Waals surface area contributed by atoms with Crippen LogP contribution >= 0.6 is 15.9 Å². The second-order valence-corrected chi connectivity index (χ2v) is 5.11. The summed E-state index contributed by atoms with van der Waals surface area (Å²) in [5.41, 5.74) is 2.48. The minimum absolute atomic E-state index is 0.224. The molecule has 0 saturated carbocycles. The van der Waals surface area contributed by atoms with Crippen LogP contribution in [0.5, 0.6) is 0 Å². The van der Waals surface area contributed by atoms with E-state index in [1.807, 2.05) is 19.9 Å². The zero-order valence-electron chi connectivity index (χ0n) is 10.1. The van der Waals surface area contributed by atoms with Crippen molar-refractivity contribution in [3.05, 3.63) is 63.1 Å². The number of aryl methyl sites for hydroxylation is 2. The Morgan fingerprint density at radius 1 is 1.28 bits per heavy atom. The maximum absolute atomic E-state index is 13.9. The first-order valence-electron chi connectivity index (χ1n) is 5.56. The van der Waals surface area contributed by atoms with Crippen molar-refractivity contribution in [3.8, 4) is 0 Å². The van der Waals surface area contributed by atoms with E-state index in [0.29, 0.717) is 10.2 Å². The Morgan fingerprint density at radius 3 is 2.67 bits per heavy atom. The molecule has 1 heterocycles. The normalized spacial score (nSPS) is 12.5. The second kappa shape index (κ2) is 5.16. The summed E-state index contributed by atoms with van der Waals surface area (Å²) in [7, 11) is 0. The fraction of sp³-hybridized carbons (Fsp3) is 0.214. The summed E-state index contributed by atoms with van der Waals surface area (Å²) in [6.07, 6.45) is -1.05. The molecule has 1 N–H and O–H groups in total. The third kappa shape index (κ3) is 2.60. The highest BCUT2D eigenvalue weighted by Crippen LogP contribution is 2.27. The summed E-state index contributed by atoms with van der Waals surface area (Å²) in [5, 5.41) is 10.2. The van der Waals surface area contributed by atoms with Crippen molar-refractivity contribution in [3.63, 3.8) is 0 Å². The van der Waals surface area contributed by atoms with Gasteiger partial charge in [0.25, 0.3) is 0 Å². The summed E-state index contributed by atoms with van der Waals surface area (Å²) in [6.45, 7) is 3.77. The Hall–Kier alpha value is -1.26. The first-order valence-corrected chi connectivity index (χ1v) is 6.35. The Morgan fingerprint density at radius 2 is 2.00 bits per heavy atom. The van der Waals surface area contributed by atoms with Gasteiger partial charge in [-0.05, 0) is 53.5 Å². The molecule has 0 saturated heterocycles. The van der Waals surface area contributed by atoms with Crippen molar-refractivity contribution in [1.82, 2.24) is 4.98 Å². The minimum Gasteiger partial charge on any atom is -0.382 e. The van der Waals surface area contributed by atoms with Gasteiger partial charge in [-0.15, -0.1) is 0 Å². The third-order valence-electron chi connectivity index (χ3n) is 2.67. The van der Waals surface area contributed by atoms with Gasteiger partial charge in [-0.2, -0.15) is 0 Å². The average molecular weight is 310 g/mol. The number of aromatic nitrogens is 1. The molecular weight excluding hydrogens is 297 g/mol. The first-order chi connectivity index (χ1) is 8.49. The maximum Gasteiger partial charge on any atom is 0.143 e. The monoisotopic (exact) mass is 309 g/mol. The van der Waals surface area contributed by atoms with Gasteiger partial charge >= 0.3 is 0 Å². The van der Waals surface area contributed by atoms with Crippen LogP contribution in [0.15, 0.2) is 34.8 Å². The lowest BCUT2D eigenvalue weighted by atomic mass is 10.0. The van der Waals surface area contributed by atoms with Gasteiger partial charge in [0.2, 0.25) is 0 Å². The summed E-state index contributed by atoms with van der Waals surface area (Å²) in [4.78, 5) is 4.25. The topological polar surface area (TPSA) is 33.1 Å². The van der Waals surface area contributed by atoms with Crippen molar-refractivity contribution in [1.29, 1.82) is 0 Å². The van der Waals surface area contributed by atoms with Gasteiger partial charge in [0.15, 0.2) is 0 Å². The van der Waals surface area contributed by atoms with E-state index < -0.39 is 11.9 Å². The molecule has 0 bridgehead atoms. The highest BCUT2D eigenvalue weighted by atomic mass is 79.9. The van der Waals surface area contributed by atoms with E-state index in [1.165, 1.54) is 0 Å². The Bertz CT molecular complexity index is 566. The number of benzene rings is 1. The van der Waals surface area contributed by atoms with Crippen molar-refractivity contribution in [2.24, 2.45) is 0 Å². The number of nitrogens with zero attached hydrogens (tertiary/aromatic N) is 1. The van der Waals surface area contributed by atoms with Crippen LogP contribution < -0.4 is 0 Å². The van der Waals surface area contributed by atoms with Crippen LogP contribution in [0.25, 0.3) is 0 Å². The number of aliphatic hydroxyl groups excluding tert-OH is 1. The molecule has 0 amide bonds. The molecule has 18 heavy (non-hydrogen) atoms. The number of rotatable bonds is 2. The quantitative estimate of drug-likeness (QED) is 0.918. The summed E-state index contributed by atoms with van der Waals surface area (Å²) in [5.74, 6) is -0.453. The van der Waals surface area contributed by atoms with Gasteiger partial charge in [-0.25, -0.2) is 4.39 Å². The molecule has 2 aromatic rings. The molecular formula is C14H13BrFNO. The maximum atomic E-state index is 13.9. The molecule has 1 aromatic carbocycles.